The highest BCUT2D eigenvalue weighted by molar-refractivity contribution is 5.93. The largest absolute Gasteiger partial charge is 0.326 e. The van der Waals surface area contributed by atoms with Gasteiger partial charge in [0.05, 0.1) is 0 Å². The van der Waals surface area contributed by atoms with Crippen molar-refractivity contribution in [3.63, 3.8) is 0 Å². The van der Waals surface area contributed by atoms with Crippen LogP contribution in [0.5, 0.6) is 0 Å². The Labute approximate surface area is 94.9 Å². The summed E-state index contributed by atoms with van der Waals surface area (Å²) in [5.41, 5.74) is 1.37. The van der Waals surface area contributed by atoms with Crippen LogP contribution in [0.4, 0.5) is 5.69 Å². The molecule has 3 nitrogen and oxygen atoms in total. The Morgan fingerprint density at radius 3 is 2.50 bits per heavy atom. The fourth-order valence-electron chi connectivity index (χ4n) is 1.71. The Morgan fingerprint density at radius 2 is 2.00 bits per heavy atom. The van der Waals surface area contributed by atoms with Crippen LogP contribution in [0.25, 0.3) is 0 Å². The second kappa shape index (κ2) is 4.47. The third-order valence-electron chi connectivity index (χ3n) is 3.06. The smallest absolute Gasteiger partial charge is 0.227 e. The summed E-state index contributed by atoms with van der Waals surface area (Å²) in [5.74, 6) is 0.723. The molecule has 1 amide bonds. The van der Waals surface area contributed by atoms with Crippen molar-refractivity contribution in [2.45, 2.75) is 19.8 Å². The number of carbonyl (C=O) groups excluding carboxylic acids is 2. The Hall–Kier alpha value is -1.64. The van der Waals surface area contributed by atoms with Crippen LogP contribution in [0.15, 0.2) is 24.3 Å². The lowest BCUT2D eigenvalue weighted by Crippen LogP contribution is -2.21. The lowest BCUT2D eigenvalue weighted by atomic mass is 10.1. The van der Waals surface area contributed by atoms with Crippen molar-refractivity contribution in [2.24, 2.45) is 11.8 Å². The molecule has 1 atom stereocenters. The van der Waals surface area contributed by atoms with Crippen LogP contribution >= 0.6 is 0 Å². The van der Waals surface area contributed by atoms with Crippen molar-refractivity contribution >= 4 is 17.9 Å². The van der Waals surface area contributed by atoms with Gasteiger partial charge in [-0.2, -0.15) is 0 Å². The van der Waals surface area contributed by atoms with Crippen molar-refractivity contribution in [1.29, 1.82) is 0 Å². The molecule has 1 aliphatic rings. The van der Waals surface area contributed by atoms with E-state index in [4.69, 9.17) is 0 Å². The normalized spacial score (nSPS) is 16.6. The predicted molar refractivity (Wildman–Crippen MR) is 62.3 cm³/mol. The molecule has 1 unspecified atom stereocenters. The molecule has 0 saturated heterocycles. The summed E-state index contributed by atoms with van der Waals surface area (Å²) in [4.78, 5) is 22.2. The van der Waals surface area contributed by atoms with E-state index in [1.165, 1.54) is 12.8 Å². The molecule has 16 heavy (non-hydrogen) atoms. The van der Waals surface area contributed by atoms with Crippen LogP contribution in [0, 0.1) is 11.8 Å². The molecule has 0 bridgehead atoms. The van der Waals surface area contributed by atoms with Gasteiger partial charge in [0.25, 0.3) is 0 Å². The molecule has 1 aromatic carbocycles. The van der Waals surface area contributed by atoms with E-state index in [9.17, 15) is 9.59 Å². The van der Waals surface area contributed by atoms with Gasteiger partial charge in [-0.25, -0.2) is 0 Å². The quantitative estimate of drug-likeness (QED) is 0.787. The van der Waals surface area contributed by atoms with Crippen molar-refractivity contribution in [3.8, 4) is 0 Å². The number of amides is 1. The van der Waals surface area contributed by atoms with Gasteiger partial charge < -0.3 is 5.32 Å². The zero-order valence-corrected chi connectivity index (χ0v) is 9.27. The molecule has 3 heteroatoms. The van der Waals surface area contributed by atoms with E-state index in [0.29, 0.717) is 11.5 Å². The predicted octanol–water partition coefficient (Wildman–Crippen LogP) is 2.48. The third kappa shape index (κ3) is 2.48. The average molecular weight is 217 g/mol. The zero-order valence-electron chi connectivity index (χ0n) is 9.27. The Bertz CT molecular complexity index is 393. The van der Waals surface area contributed by atoms with Crippen molar-refractivity contribution in [1.82, 2.24) is 0 Å². The van der Waals surface area contributed by atoms with Gasteiger partial charge in [0.15, 0.2) is 0 Å². The summed E-state index contributed by atoms with van der Waals surface area (Å²) in [6.07, 6.45) is 3.12. The van der Waals surface area contributed by atoms with Gasteiger partial charge in [-0.15, -0.1) is 0 Å². The average Bonchev–Trinajstić information content (AvgIpc) is 3.13. The van der Waals surface area contributed by atoms with E-state index in [2.05, 4.69) is 5.32 Å². The second-order valence-electron chi connectivity index (χ2n) is 4.36. The van der Waals surface area contributed by atoms with Gasteiger partial charge in [0.1, 0.15) is 6.29 Å². The Balaban J connectivity index is 1.97. The fraction of sp³-hybridized carbons (Fsp3) is 0.385. The minimum Gasteiger partial charge on any atom is -0.326 e. The summed E-state index contributed by atoms with van der Waals surface area (Å²) in [6, 6.07) is 6.90. The van der Waals surface area contributed by atoms with Gasteiger partial charge in [-0.05, 0) is 43.0 Å². The zero-order chi connectivity index (χ0) is 11.5. The molecule has 0 aliphatic heterocycles. The summed E-state index contributed by atoms with van der Waals surface area (Å²) in [5, 5.41) is 2.86. The monoisotopic (exact) mass is 217 g/mol. The molecular weight excluding hydrogens is 202 g/mol. The molecule has 0 heterocycles. The Kier molecular flexibility index (Phi) is 3.04. The van der Waals surface area contributed by atoms with Crippen LogP contribution in [-0.4, -0.2) is 12.2 Å². The van der Waals surface area contributed by atoms with Crippen molar-refractivity contribution < 1.29 is 9.59 Å². The van der Waals surface area contributed by atoms with E-state index < -0.39 is 0 Å². The maximum Gasteiger partial charge on any atom is 0.227 e. The highest BCUT2D eigenvalue weighted by atomic mass is 16.1. The van der Waals surface area contributed by atoms with E-state index in [1.807, 2.05) is 6.92 Å². The summed E-state index contributed by atoms with van der Waals surface area (Å²) in [7, 11) is 0. The molecule has 1 aliphatic carbocycles. The highest BCUT2D eigenvalue weighted by Crippen LogP contribution is 2.36. The molecule has 1 N–H and O–H groups in total. The summed E-state index contributed by atoms with van der Waals surface area (Å²) in [6.45, 7) is 1.97. The molecule has 0 aromatic heterocycles. The summed E-state index contributed by atoms with van der Waals surface area (Å²) >= 11 is 0. The minimum absolute atomic E-state index is 0.0707. The first kappa shape index (κ1) is 10.9. The number of anilines is 1. The number of nitrogens with one attached hydrogen (secondary N) is 1. The number of hydrogen-bond donors (Lipinski definition) is 1. The second-order valence-corrected chi connectivity index (χ2v) is 4.36. The van der Waals surface area contributed by atoms with Crippen LogP contribution in [0.3, 0.4) is 0 Å². The van der Waals surface area contributed by atoms with Gasteiger partial charge in [0, 0.05) is 17.2 Å². The minimum atomic E-state index is 0.0707. The van der Waals surface area contributed by atoms with Crippen LogP contribution < -0.4 is 5.32 Å². The number of hydrogen-bond acceptors (Lipinski definition) is 2. The topological polar surface area (TPSA) is 46.2 Å². The van der Waals surface area contributed by atoms with Gasteiger partial charge in [0.2, 0.25) is 5.91 Å². The number of rotatable bonds is 4. The summed E-state index contributed by atoms with van der Waals surface area (Å²) < 4.78 is 0. The van der Waals surface area contributed by atoms with Crippen LogP contribution in [0.1, 0.15) is 30.1 Å². The van der Waals surface area contributed by atoms with Crippen molar-refractivity contribution in [3.05, 3.63) is 29.8 Å². The third-order valence-corrected chi connectivity index (χ3v) is 3.06. The van der Waals surface area contributed by atoms with E-state index in [-0.39, 0.29) is 11.8 Å². The molecule has 1 saturated carbocycles. The van der Waals surface area contributed by atoms with Gasteiger partial charge in [-0.3, -0.25) is 9.59 Å². The molecule has 2 rings (SSSR count). The number of carbonyl (C=O) groups is 2. The van der Waals surface area contributed by atoms with Crippen LogP contribution in [0.2, 0.25) is 0 Å². The molecular formula is C13H15NO2. The Morgan fingerprint density at radius 1 is 1.38 bits per heavy atom. The van der Waals surface area contributed by atoms with Gasteiger partial charge >= 0.3 is 0 Å². The van der Waals surface area contributed by atoms with E-state index in [1.54, 1.807) is 24.3 Å². The number of benzene rings is 1. The molecule has 1 fully saturated rings. The first-order valence-corrected chi connectivity index (χ1v) is 5.57. The molecule has 0 radical (unpaired) electrons. The lowest BCUT2D eigenvalue weighted by Gasteiger charge is -2.10. The fourth-order valence-corrected chi connectivity index (χ4v) is 1.71. The SMILES string of the molecule is CC(C(=O)Nc1ccc(C=O)cc1)C1CC1. The van der Waals surface area contributed by atoms with Crippen LogP contribution in [-0.2, 0) is 4.79 Å². The molecule has 1 aromatic rings. The maximum absolute atomic E-state index is 11.8. The standard InChI is InChI=1S/C13H15NO2/c1-9(11-4-5-11)13(16)14-12-6-2-10(8-15)3-7-12/h2-3,6-9,11H,4-5H2,1H3,(H,14,16). The maximum atomic E-state index is 11.8. The van der Waals surface area contributed by atoms with E-state index in [0.717, 1.165) is 12.0 Å². The van der Waals surface area contributed by atoms with Gasteiger partial charge in [-0.1, -0.05) is 6.92 Å². The lowest BCUT2D eigenvalue weighted by molar-refractivity contribution is -0.119. The van der Waals surface area contributed by atoms with Crippen molar-refractivity contribution in [2.75, 3.05) is 5.32 Å². The molecule has 0 spiro atoms. The first-order valence-electron chi connectivity index (χ1n) is 5.57. The number of aldehydes is 1. The highest BCUT2D eigenvalue weighted by Gasteiger charge is 2.32. The van der Waals surface area contributed by atoms with E-state index >= 15 is 0 Å². The first-order chi connectivity index (χ1) is 7.70. The molecule has 84 valence electrons.